The highest BCUT2D eigenvalue weighted by Gasteiger charge is 2.24. The highest BCUT2D eigenvalue weighted by Crippen LogP contribution is 2.20. The molecule has 152 valence electrons. The Morgan fingerprint density at radius 2 is 1.83 bits per heavy atom. The molecule has 29 heavy (non-hydrogen) atoms. The van der Waals surface area contributed by atoms with Crippen LogP contribution in [0.5, 0.6) is 0 Å². The van der Waals surface area contributed by atoms with E-state index < -0.39 is 15.9 Å². The van der Waals surface area contributed by atoms with Crippen molar-refractivity contribution in [1.29, 1.82) is 0 Å². The molecule has 10 heteroatoms. The SMILES string of the molecule is CN(Cc1nc(-c2cccc(Br)c2)no1)C(=O)CN(C)S(=O)(=O)c1ccccc1. The van der Waals surface area contributed by atoms with E-state index in [2.05, 4.69) is 26.1 Å². The molecule has 1 heterocycles. The molecule has 1 amide bonds. The highest BCUT2D eigenvalue weighted by molar-refractivity contribution is 9.10. The second-order valence-corrected chi connectivity index (χ2v) is 9.31. The Hall–Kier alpha value is -2.56. The van der Waals surface area contributed by atoms with Crippen LogP contribution in [-0.4, -0.2) is 54.3 Å². The minimum Gasteiger partial charge on any atom is -0.337 e. The van der Waals surface area contributed by atoms with Crippen LogP contribution in [0.2, 0.25) is 0 Å². The van der Waals surface area contributed by atoms with E-state index in [4.69, 9.17) is 4.52 Å². The minimum absolute atomic E-state index is 0.0685. The smallest absolute Gasteiger partial charge is 0.246 e. The number of hydrogen-bond donors (Lipinski definition) is 0. The Labute approximate surface area is 177 Å². The van der Waals surface area contributed by atoms with E-state index in [0.717, 1.165) is 14.3 Å². The standard InChI is InChI=1S/C19H19BrN4O4S/c1-23(12-17-21-19(22-28-17)14-7-6-8-15(20)11-14)18(25)13-24(2)29(26,27)16-9-4-3-5-10-16/h3-11H,12-13H2,1-2H3. The number of likely N-dealkylation sites (N-methyl/N-ethyl adjacent to an activating group) is 2. The van der Waals surface area contributed by atoms with Gasteiger partial charge in [0.15, 0.2) is 0 Å². The maximum absolute atomic E-state index is 12.5. The zero-order valence-corrected chi connectivity index (χ0v) is 18.2. The van der Waals surface area contributed by atoms with E-state index >= 15 is 0 Å². The summed E-state index contributed by atoms with van der Waals surface area (Å²) in [6, 6.07) is 15.4. The molecular weight excluding hydrogens is 460 g/mol. The Morgan fingerprint density at radius 3 is 2.52 bits per heavy atom. The molecule has 0 unspecified atom stereocenters. The van der Waals surface area contributed by atoms with Crippen molar-refractivity contribution in [3.63, 3.8) is 0 Å². The summed E-state index contributed by atoms with van der Waals surface area (Å²) in [7, 11) is -0.829. The van der Waals surface area contributed by atoms with Gasteiger partial charge in [-0.1, -0.05) is 51.4 Å². The number of halogens is 1. The average Bonchev–Trinajstić information content (AvgIpc) is 3.17. The summed E-state index contributed by atoms with van der Waals surface area (Å²) in [5, 5.41) is 3.93. The second kappa shape index (κ2) is 8.85. The number of carbonyl (C=O) groups is 1. The van der Waals surface area contributed by atoms with Crippen LogP contribution in [0.25, 0.3) is 11.4 Å². The zero-order valence-electron chi connectivity index (χ0n) is 15.8. The third-order valence-electron chi connectivity index (χ3n) is 4.16. The van der Waals surface area contributed by atoms with E-state index in [1.165, 1.54) is 24.1 Å². The van der Waals surface area contributed by atoms with Gasteiger partial charge in [0.05, 0.1) is 18.0 Å². The molecule has 0 spiro atoms. The van der Waals surface area contributed by atoms with Crippen LogP contribution in [0.15, 0.2) is 68.5 Å². The monoisotopic (exact) mass is 478 g/mol. The highest BCUT2D eigenvalue weighted by atomic mass is 79.9. The van der Waals surface area contributed by atoms with Crippen LogP contribution >= 0.6 is 15.9 Å². The van der Waals surface area contributed by atoms with Crippen molar-refractivity contribution in [2.24, 2.45) is 0 Å². The van der Waals surface area contributed by atoms with Gasteiger partial charge in [-0.3, -0.25) is 4.79 Å². The van der Waals surface area contributed by atoms with Crippen LogP contribution in [0.1, 0.15) is 5.89 Å². The maximum atomic E-state index is 12.5. The molecule has 1 aromatic heterocycles. The van der Waals surface area contributed by atoms with Crippen molar-refractivity contribution in [3.8, 4) is 11.4 Å². The van der Waals surface area contributed by atoms with E-state index in [9.17, 15) is 13.2 Å². The van der Waals surface area contributed by atoms with Crippen molar-refractivity contribution in [3.05, 3.63) is 65.0 Å². The predicted octanol–water partition coefficient (Wildman–Crippen LogP) is 2.78. The minimum atomic E-state index is -3.75. The van der Waals surface area contributed by atoms with Crippen molar-refractivity contribution < 1.29 is 17.7 Å². The Balaban J connectivity index is 1.64. The first-order valence-electron chi connectivity index (χ1n) is 8.61. The lowest BCUT2D eigenvalue weighted by Crippen LogP contribution is -2.39. The molecule has 0 aliphatic heterocycles. The second-order valence-electron chi connectivity index (χ2n) is 6.35. The van der Waals surface area contributed by atoms with Gasteiger partial charge in [0.2, 0.25) is 27.6 Å². The Bertz CT molecular complexity index is 1100. The first-order chi connectivity index (χ1) is 13.8. The van der Waals surface area contributed by atoms with Gasteiger partial charge in [-0.25, -0.2) is 8.42 Å². The fourth-order valence-electron chi connectivity index (χ4n) is 2.52. The Morgan fingerprint density at radius 1 is 1.10 bits per heavy atom. The lowest BCUT2D eigenvalue weighted by Gasteiger charge is -2.20. The van der Waals surface area contributed by atoms with Crippen LogP contribution in [0, 0.1) is 0 Å². The molecule has 0 fully saturated rings. The summed E-state index contributed by atoms with van der Waals surface area (Å²) in [5.74, 6) is 0.268. The van der Waals surface area contributed by atoms with Gasteiger partial charge in [-0.15, -0.1) is 0 Å². The molecule has 0 aliphatic carbocycles. The first-order valence-corrected chi connectivity index (χ1v) is 10.8. The third kappa shape index (κ3) is 5.08. The number of sulfonamides is 1. The number of benzene rings is 2. The van der Waals surface area contributed by atoms with E-state index in [1.54, 1.807) is 25.2 Å². The van der Waals surface area contributed by atoms with Gasteiger partial charge in [0, 0.05) is 24.1 Å². The quantitative estimate of drug-likeness (QED) is 0.517. The summed E-state index contributed by atoms with van der Waals surface area (Å²) >= 11 is 3.39. The molecule has 2 aromatic carbocycles. The fraction of sp³-hybridized carbons (Fsp3) is 0.211. The molecule has 8 nitrogen and oxygen atoms in total. The third-order valence-corrected chi connectivity index (χ3v) is 6.47. The first kappa shape index (κ1) is 21.2. The Kier molecular flexibility index (Phi) is 6.46. The van der Waals surface area contributed by atoms with Crippen LogP contribution < -0.4 is 0 Å². The van der Waals surface area contributed by atoms with E-state index in [0.29, 0.717) is 5.82 Å². The molecule has 0 bridgehead atoms. The number of aromatic nitrogens is 2. The van der Waals surface area contributed by atoms with Crippen molar-refractivity contribution in [2.45, 2.75) is 11.4 Å². The topological polar surface area (TPSA) is 96.6 Å². The van der Waals surface area contributed by atoms with Crippen LogP contribution in [0.3, 0.4) is 0 Å². The van der Waals surface area contributed by atoms with Crippen molar-refractivity contribution >= 4 is 31.9 Å². The van der Waals surface area contributed by atoms with Gasteiger partial charge in [-0.2, -0.15) is 9.29 Å². The van der Waals surface area contributed by atoms with Crippen molar-refractivity contribution in [1.82, 2.24) is 19.3 Å². The molecule has 3 aromatic rings. The van der Waals surface area contributed by atoms with Gasteiger partial charge in [0.25, 0.3) is 0 Å². The number of amides is 1. The molecule has 0 saturated carbocycles. The van der Waals surface area contributed by atoms with Gasteiger partial charge in [-0.05, 0) is 24.3 Å². The largest absolute Gasteiger partial charge is 0.337 e. The lowest BCUT2D eigenvalue weighted by atomic mass is 10.2. The van der Waals surface area contributed by atoms with E-state index in [-0.39, 0.29) is 23.9 Å². The van der Waals surface area contributed by atoms with Crippen molar-refractivity contribution in [2.75, 3.05) is 20.6 Å². The molecular formula is C19H19BrN4O4S. The molecule has 0 aliphatic rings. The van der Waals surface area contributed by atoms with Gasteiger partial charge >= 0.3 is 0 Å². The number of carbonyl (C=O) groups excluding carboxylic acids is 1. The summed E-state index contributed by atoms with van der Waals surface area (Å²) in [6.45, 7) is -0.237. The number of rotatable bonds is 7. The number of nitrogens with zero attached hydrogens (tertiary/aromatic N) is 4. The molecule has 0 atom stereocenters. The molecule has 0 radical (unpaired) electrons. The predicted molar refractivity (Wildman–Crippen MR) is 110 cm³/mol. The summed E-state index contributed by atoms with van der Waals surface area (Å²) < 4.78 is 32.2. The van der Waals surface area contributed by atoms with E-state index in [1.807, 2.05) is 24.3 Å². The van der Waals surface area contributed by atoms with Gasteiger partial charge in [0.1, 0.15) is 0 Å². The van der Waals surface area contributed by atoms with Crippen LogP contribution in [-0.2, 0) is 21.4 Å². The van der Waals surface area contributed by atoms with Crippen LogP contribution in [0.4, 0.5) is 0 Å². The lowest BCUT2D eigenvalue weighted by molar-refractivity contribution is -0.130. The zero-order chi connectivity index (χ0) is 21.0. The molecule has 0 N–H and O–H groups in total. The summed E-state index contributed by atoms with van der Waals surface area (Å²) in [6.07, 6.45) is 0. The summed E-state index contributed by atoms with van der Waals surface area (Å²) in [5.41, 5.74) is 0.775. The maximum Gasteiger partial charge on any atom is 0.246 e. The molecule has 3 rings (SSSR count). The average molecular weight is 479 g/mol. The fourth-order valence-corrected chi connectivity index (χ4v) is 4.06. The van der Waals surface area contributed by atoms with Gasteiger partial charge < -0.3 is 9.42 Å². The summed E-state index contributed by atoms with van der Waals surface area (Å²) in [4.78, 5) is 18.3. The number of hydrogen-bond acceptors (Lipinski definition) is 6. The molecule has 0 saturated heterocycles. The normalized spacial score (nSPS) is 11.6.